The van der Waals surface area contributed by atoms with Crippen molar-refractivity contribution in [3.63, 3.8) is 0 Å². The van der Waals surface area contributed by atoms with Crippen LogP contribution in [0.4, 0.5) is 0 Å². The van der Waals surface area contributed by atoms with E-state index < -0.39 is 0 Å². The number of aromatic amines is 1. The molecular weight excluding hydrogens is 518 g/mol. The summed E-state index contributed by atoms with van der Waals surface area (Å²) in [6, 6.07) is 18.8. The number of nitrogens with one attached hydrogen (secondary N) is 1. The lowest BCUT2D eigenvalue weighted by Gasteiger charge is -2.19. The number of aromatic nitrogens is 3. The van der Waals surface area contributed by atoms with Gasteiger partial charge in [0.2, 0.25) is 5.16 Å². The summed E-state index contributed by atoms with van der Waals surface area (Å²) >= 11 is 4.69. The molecule has 0 bridgehead atoms. The van der Waals surface area contributed by atoms with Gasteiger partial charge in [0.1, 0.15) is 17.6 Å². The summed E-state index contributed by atoms with van der Waals surface area (Å²) in [7, 11) is 1.63. The highest BCUT2D eigenvalue weighted by Crippen LogP contribution is 2.34. The van der Waals surface area contributed by atoms with E-state index in [1.807, 2.05) is 60.7 Å². The van der Waals surface area contributed by atoms with Crippen molar-refractivity contribution in [2.75, 3.05) is 12.9 Å². The summed E-state index contributed by atoms with van der Waals surface area (Å²) in [5, 5.41) is 13.8. The zero-order valence-electron chi connectivity index (χ0n) is 18.1. The summed E-state index contributed by atoms with van der Waals surface area (Å²) in [5.41, 5.74) is 2.67. The van der Waals surface area contributed by atoms with Crippen LogP contribution in [0.2, 0.25) is 0 Å². The molecule has 0 aliphatic carbocycles. The number of hydrogen-bond acceptors (Lipinski definition) is 7. The molecule has 0 saturated carbocycles. The SMILES string of the molecule is COc1ccc(C2=NN(C(=O)CSc3n[nH]c(-c4ccc(Br)cc4)n3)[C@@H](c3ccco3)C2)cc1. The Labute approximate surface area is 208 Å². The topological polar surface area (TPSA) is 96.6 Å². The van der Waals surface area contributed by atoms with Crippen LogP contribution in [0.5, 0.6) is 5.75 Å². The Bertz CT molecular complexity index is 1300. The van der Waals surface area contributed by atoms with Crippen LogP contribution >= 0.6 is 27.7 Å². The Balaban J connectivity index is 1.31. The number of hydrogen-bond donors (Lipinski definition) is 1. The summed E-state index contributed by atoms with van der Waals surface area (Å²) < 4.78 is 11.8. The van der Waals surface area contributed by atoms with Crippen LogP contribution in [0.1, 0.15) is 23.8 Å². The van der Waals surface area contributed by atoms with Crippen molar-refractivity contribution >= 4 is 39.3 Å². The molecule has 0 radical (unpaired) electrons. The molecule has 2 aromatic carbocycles. The Morgan fingerprint density at radius 3 is 2.65 bits per heavy atom. The maximum Gasteiger partial charge on any atom is 0.253 e. The predicted molar refractivity (Wildman–Crippen MR) is 133 cm³/mol. The molecule has 0 unspecified atom stereocenters. The van der Waals surface area contributed by atoms with Crippen LogP contribution in [-0.2, 0) is 4.79 Å². The number of hydrazone groups is 1. The van der Waals surface area contributed by atoms with E-state index in [1.165, 1.54) is 16.8 Å². The van der Waals surface area contributed by atoms with Gasteiger partial charge in [-0.05, 0) is 54.1 Å². The summed E-state index contributed by atoms with van der Waals surface area (Å²) in [6.45, 7) is 0. The van der Waals surface area contributed by atoms with E-state index >= 15 is 0 Å². The van der Waals surface area contributed by atoms with Crippen molar-refractivity contribution in [2.24, 2.45) is 5.10 Å². The lowest BCUT2D eigenvalue weighted by atomic mass is 10.0. The number of carbonyl (C=O) groups is 1. The highest BCUT2D eigenvalue weighted by Gasteiger charge is 2.34. The molecule has 1 aliphatic rings. The third kappa shape index (κ3) is 4.78. The average molecular weight is 538 g/mol. The number of amides is 1. The zero-order valence-corrected chi connectivity index (χ0v) is 20.5. The molecule has 0 saturated heterocycles. The van der Waals surface area contributed by atoms with E-state index in [2.05, 4.69) is 36.2 Å². The predicted octanol–water partition coefficient (Wildman–Crippen LogP) is 5.31. The van der Waals surface area contributed by atoms with E-state index in [0.29, 0.717) is 23.2 Å². The molecule has 1 aliphatic heterocycles. The van der Waals surface area contributed by atoms with Crippen molar-refractivity contribution in [1.29, 1.82) is 0 Å². The van der Waals surface area contributed by atoms with Crippen LogP contribution in [-0.4, -0.2) is 44.7 Å². The Hall–Kier alpha value is -3.37. The molecular formula is C24H20BrN5O3S. The number of rotatable bonds is 7. The van der Waals surface area contributed by atoms with Gasteiger partial charge in [0.05, 0.1) is 24.8 Å². The first-order chi connectivity index (χ1) is 16.6. The fourth-order valence-corrected chi connectivity index (χ4v) is 4.56. The quantitative estimate of drug-likeness (QED) is 0.321. The molecule has 2 aromatic heterocycles. The monoisotopic (exact) mass is 537 g/mol. The number of benzene rings is 2. The van der Waals surface area contributed by atoms with Crippen molar-refractivity contribution in [2.45, 2.75) is 17.6 Å². The lowest BCUT2D eigenvalue weighted by Crippen LogP contribution is -2.28. The van der Waals surface area contributed by atoms with Gasteiger partial charge in [-0.1, -0.05) is 39.8 Å². The Kier molecular flexibility index (Phi) is 6.50. The number of nitrogens with zero attached hydrogens (tertiary/aromatic N) is 4. The Morgan fingerprint density at radius 1 is 1.18 bits per heavy atom. The maximum atomic E-state index is 13.2. The molecule has 10 heteroatoms. The summed E-state index contributed by atoms with van der Waals surface area (Å²) in [5.74, 6) is 2.11. The molecule has 5 rings (SSSR count). The van der Waals surface area contributed by atoms with Gasteiger partial charge in [0.15, 0.2) is 5.82 Å². The van der Waals surface area contributed by atoms with Crippen LogP contribution < -0.4 is 4.74 Å². The molecule has 3 heterocycles. The van der Waals surface area contributed by atoms with Crippen molar-refractivity contribution in [3.8, 4) is 17.1 Å². The van der Waals surface area contributed by atoms with Crippen LogP contribution in [0, 0.1) is 0 Å². The minimum atomic E-state index is -0.300. The fraction of sp³-hybridized carbons (Fsp3) is 0.167. The highest BCUT2D eigenvalue weighted by molar-refractivity contribution is 9.10. The molecule has 0 fully saturated rings. The molecule has 172 valence electrons. The standard InChI is InChI=1S/C24H20BrN5O3S/c1-32-18-10-6-15(7-11-18)19-13-20(21-3-2-12-33-21)30(29-19)22(31)14-34-24-26-23(27-28-24)16-4-8-17(25)9-5-16/h2-12,20H,13-14H2,1H3,(H,26,27,28)/t20-/m1/s1. The number of furan rings is 1. The van der Waals surface area contributed by atoms with Crippen LogP contribution in [0.25, 0.3) is 11.4 Å². The van der Waals surface area contributed by atoms with Gasteiger partial charge >= 0.3 is 0 Å². The van der Waals surface area contributed by atoms with Crippen molar-refractivity contribution < 1.29 is 13.9 Å². The number of ether oxygens (including phenoxy) is 1. The average Bonchev–Trinajstić information content (AvgIpc) is 3.64. The van der Waals surface area contributed by atoms with E-state index in [-0.39, 0.29) is 17.7 Å². The molecule has 34 heavy (non-hydrogen) atoms. The molecule has 1 amide bonds. The minimum absolute atomic E-state index is 0.147. The van der Waals surface area contributed by atoms with Gasteiger partial charge in [-0.3, -0.25) is 9.89 Å². The van der Waals surface area contributed by atoms with Crippen LogP contribution in [0.3, 0.4) is 0 Å². The van der Waals surface area contributed by atoms with E-state index in [0.717, 1.165) is 27.1 Å². The molecule has 8 nitrogen and oxygen atoms in total. The third-order valence-corrected chi connectivity index (χ3v) is 6.73. The summed E-state index contributed by atoms with van der Waals surface area (Å²) in [4.78, 5) is 17.7. The Morgan fingerprint density at radius 2 is 1.94 bits per heavy atom. The number of halogens is 1. The number of carbonyl (C=O) groups excluding carboxylic acids is 1. The van der Waals surface area contributed by atoms with Gasteiger partial charge in [-0.25, -0.2) is 9.99 Å². The van der Waals surface area contributed by atoms with Gasteiger partial charge in [0.25, 0.3) is 5.91 Å². The largest absolute Gasteiger partial charge is 0.497 e. The highest BCUT2D eigenvalue weighted by atomic mass is 79.9. The normalized spacial score (nSPS) is 15.4. The van der Waals surface area contributed by atoms with E-state index in [9.17, 15) is 4.79 Å². The molecule has 1 N–H and O–H groups in total. The zero-order chi connectivity index (χ0) is 23.5. The first kappa shape index (κ1) is 22.4. The first-order valence-electron chi connectivity index (χ1n) is 10.5. The maximum absolute atomic E-state index is 13.2. The molecule has 1 atom stereocenters. The first-order valence-corrected chi connectivity index (χ1v) is 12.3. The fourth-order valence-electron chi connectivity index (χ4n) is 3.64. The van der Waals surface area contributed by atoms with Gasteiger partial charge in [-0.15, -0.1) is 5.10 Å². The second kappa shape index (κ2) is 9.86. The second-order valence-corrected chi connectivity index (χ2v) is 9.37. The number of thioether (sulfide) groups is 1. The van der Waals surface area contributed by atoms with Crippen molar-refractivity contribution in [1.82, 2.24) is 20.2 Å². The number of H-pyrrole nitrogens is 1. The van der Waals surface area contributed by atoms with Crippen LogP contribution in [0.15, 0.2) is 86.1 Å². The third-order valence-electron chi connectivity index (χ3n) is 5.37. The van der Waals surface area contributed by atoms with Gasteiger partial charge < -0.3 is 9.15 Å². The molecule has 0 spiro atoms. The van der Waals surface area contributed by atoms with Gasteiger partial charge in [-0.2, -0.15) is 5.10 Å². The second-order valence-electron chi connectivity index (χ2n) is 7.51. The lowest BCUT2D eigenvalue weighted by molar-refractivity contribution is -0.130. The van der Waals surface area contributed by atoms with Gasteiger partial charge in [0, 0.05) is 16.5 Å². The van der Waals surface area contributed by atoms with E-state index in [4.69, 9.17) is 9.15 Å². The summed E-state index contributed by atoms with van der Waals surface area (Å²) in [6.07, 6.45) is 2.17. The smallest absolute Gasteiger partial charge is 0.253 e. The molecule has 4 aromatic rings. The van der Waals surface area contributed by atoms with Crippen molar-refractivity contribution in [3.05, 3.63) is 82.7 Å². The number of methoxy groups -OCH3 is 1. The van der Waals surface area contributed by atoms with E-state index in [1.54, 1.807) is 13.4 Å². The minimum Gasteiger partial charge on any atom is -0.497 e.